The lowest BCUT2D eigenvalue weighted by molar-refractivity contribution is 0.114. The van der Waals surface area contributed by atoms with Crippen LogP contribution in [0.3, 0.4) is 0 Å². The van der Waals surface area contributed by atoms with Crippen LogP contribution in [0.15, 0.2) is 0 Å². The summed E-state index contributed by atoms with van der Waals surface area (Å²) >= 11 is 1.38. The molecule has 0 bridgehead atoms. The highest BCUT2D eigenvalue weighted by molar-refractivity contribution is 8.13. The molecule has 0 spiro atoms. The van der Waals surface area contributed by atoms with Gasteiger partial charge in [-0.25, -0.2) is 4.79 Å². The van der Waals surface area contributed by atoms with Gasteiger partial charge in [0.2, 0.25) is 0 Å². The van der Waals surface area contributed by atoms with E-state index in [1.807, 2.05) is 27.7 Å². The Hall–Kier alpha value is -0.180. The molecule has 1 aliphatic rings. The molecule has 1 saturated heterocycles. The van der Waals surface area contributed by atoms with E-state index in [2.05, 4.69) is 34.6 Å². The van der Waals surface area contributed by atoms with Gasteiger partial charge in [0.1, 0.15) is 0 Å². The standard InChI is InChI=1S/C13H24O2S.2C2H6/c1-12(2,3)13(4,5)8-6-10-7-9-15-11(14)16-10;2*1-2/h10H,6-9H2,1-5H3;2*1-2H3. The van der Waals surface area contributed by atoms with Gasteiger partial charge in [-0.1, -0.05) is 62.3 Å². The fraction of sp³-hybridized carbons (Fsp3) is 0.941. The van der Waals surface area contributed by atoms with E-state index in [0.717, 1.165) is 12.8 Å². The van der Waals surface area contributed by atoms with E-state index in [1.54, 1.807) is 0 Å². The van der Waals surface area contributed by atoms with Crippen molar-refractivity contribution in [2.75, 3.05) is 6.61 Å². The van der Waals surface area contributed by atoms with Crippen LogP contribution in [0, 0.1) is 10.8 Å². The highest BCUT2D eigenvalue weighted by atomic mass is 32.2. The van der Waals surface area contributed by atoms with Gasteiger partial charge in [-0.15, -0.1) is 0 Å². The molecule has 1 aliphatic heterocycles. The van der Waals surface area contributed by atoms with Gasteiger partial charge in [-0.3, -0.25) is 0 Å². The van der Waals surface area contributed by atoms with Crippen molar-refractivity contribution < 1.29 is 9.53 Å². The van der Waals surface area contributed by atoms with Crippen LogP contribution >= 0.6 is 11.8 Å². The van der Waals surface area contributed by atoms with Crippen molar-refractivity contribution in [1.82, 2.24) is 0 Å². The summed E-state index contributed by atoms with van der Waals surface area (Å²) < 4.78 is 4.93. The van der Waals surface area contributed by atoms with Crippen LogP contribution in [0.2, 0.25) is 0 Å². The maximum atomic E-state index is 11.1. The molecule has 1 rings (SSSR count). The first-order valence-corrected chi connectivity index (χ1v) is 8.94. The Balaban J connectivity index is 0. The number of ether oxygens (including phenoxy) is 1. The molecule has 0 amide bonds. The summed E-state index contributed by atoms with van der Waals surface area (Å²) in [6.07, 6.45) is 3.29. The van der Waals surface area contributed by atoms with Gasteiger partial charge >= 0.3 is 5.30 Å². The molecular formula is C17H36O2S. The lowest BCUT2D eigenvalue weighted by Gasteiger charge is -2.40. The van der Waals surface area contributed by atoms with E-state index in [1.165, 1.54) is 18.2 Å². The van der Waals surface area contributed by atoms with Crippen LogP contribution in [0.1, 0.15) is 81.6 Å². The Morgan fingerprint density at radius 2 is 1.60 bits per heavy atom. The third-order valence-electron chi connectivity index (χ3n) is 4.04. The van der Waals surface area contributed by atoms with E-state index in [-0.39, 0.29) is 5.30 Å². The van der Waals surface area contributed by atoms with E-state index in [0.29, 0.717) is 22.7 Å². The number of cyclic esters (lactones) is 1. The first kappa shape index (κ1) is 22.1. The summed E-state index contributed by atoms with van der Waals surface area (Å²) in [4.78, 5) is 11.1. The number of hydrogen-bond acceptors (Lipinski definition) is 3. The molecule has 122 valence electrons. The molecule has 0 aromatic rings. The Labute approximate surface area is 131 Å². The molecular weight excluding hydrogens is 268 g/mol. The number of carbonyl (C=O) groups is 1. The fourth-order valence-electron chi connectivity index (χ4n) is 1.60. The fourth-order valence-corrected chi connectivity index (χ4v) is 2.48. The number of carbonyl (C=O) groups excluding carboxylic acids is 1. The van der Waals surface area contributed by atoms with Gasteiger partial charge in [0.05, 0.1) is 6.61 Å². The smallest absolute Gasteiger partial charge is 0.367 e. The van der Waals surface area contributed by atoms with Crippen LogP contribution in [0.25, 0.3) is 0 Å². The molecule has 2 nitrogen and oxygen atoms in total. The first-order chi connectivity index (χ1) is 9.22. The van der Waals surface area contributed by atoms with Gasteiger partial charge < -0.3 is 4.74 Å². The minimum Gasteiger partial charge on any atom is -0.458 e. The van der Waals surface area contributed by atoms with Crippen molar-refractivity contribution in [3.05, 3.63) is 0 Å². The van der Waals surface area contributed by atoms with E-state index in [9.17, 15) is 4.79 Å². The lowest BCUT2D eigenvalue weighted by atomic mass is 9.67. The van der Waals surface area contributed by atoms with Crippen molar-refractivity contribution in [2.24, 2.45) is 10.8 Å². The summed E-state index contributed by atoms with van der Waals surface area (Å²) in [5.74, 6) is 0. The van der Waals surface area contributed by atoms with Crippen molar-refractivity contribution in [1.29, 1.82) is 0 Å². The van der Waals surface area contributed by atoms with Gasteiger partial charge in [-0.05, 0) is 41.9 Å². The van der Waals surface area contributed by atoms with Crippen LogP contribution in [0.5, 0.6) is 0 Å². The predicted molar refractivity (Wildman–Crippen MR) is 92.5 cm³/mol. The average molecular weight is 305 g/mol. The van der Waals surface area contributed by atoms with Crippen molar-refractivity contribution in [3.63, 3.8) is 0 Å². The minimum atomic E-state index is -0.0928. The van der Waals surface area contributed by atoms with Crippen LogP contribution < -0.4 is 0 Å². The topological polar surface area (TPSA) is 26.3 Å². The molecule has 1 heterocycles. The molecule has 1 fully saturated rings. The minimum absolute atomic E-state index is 0.0928. The molecule has 3 heteroatoms. The SMILES string of the molecule is CC.CC.CC(C)(C)C(C)(C)CCC1CCOC(=O)S1. The summed E-state index contributed by atoms with van der Waals surface area (Å²) in [7, 11) is 0. The molecule has 0 radical (unpaired) electrons. The lowest BCUT2D eigenvalue weighted by Crippen LogP contribution is -2.31. The van der Waals surface area contributed by atoms with E-state index < -0.39 is 0 Å². The molecule has 0 aromatic heterocycles. The molecule has 0 aromatic carbocycles. The van der Waals surface area contributed by atoms with E-state index >= 15 is 0 Å². The second kappa shape index (κ2) is 10.5. The highest BCUT2D eigenvalue weighted by Crippen LogP contribution is 2.43. The second-order valence-electron chi connectivity index (χ2n) is 6.30. The summed E-state index contributed by atoms with van der Waals surface area (Å²) in [6, 6.07) is 0. The largest absolute Gasteiger partial charge is 0.458 e. The molecule has 1 atom stereocenters. The molecule has 0 aliphatic carbocycles. The zero-order valence-electron chi connectivity index (χ0n) is 15.1. The van der Waals surface area contributed by atoms with Gasteiger partial charge in [0.25, 0.3) is 0 Å². The first-order valence-electron chi connectivity index (χ1n) is 8.06. The Morgan fingerprint density at radius 1 is 1.10 bits per heavy atom. The number of thioether (sulfide) groups is 1. The monoisotopic (exact) mass is 304 g/mol. The van der Waals surface area contributed by atoms with Crippen LogP contribution in [-0.2, 0) is 4.74 Å². The van der Waals surface area contributed by atoms with Gasteiger partial charge in [0.15, 0.2) is 0 Å². The van der Waals surface area contributed by atoms with Crippen LogP contribution in [-0.4, -0.2) is 17.2 Å². The quantitative estimate of drug-likeness (QED) is 0.554. The van der Waals surface area contributed by atoms with Gasteiger partial charge in [-0.2, -0.15) is 0 Å². The third-order valence-corrected chi connectivity index (χ3v) is 5.16. The molecule has 0 N–H and O–H groups in total. The normalized spacial score (nSPS) is 19.1. The maximum Gasteiger partial charge on any atom is 0.367 e. The molecule has 0 saturated carbocycles. The Kier molecular flexibility index (Phi) is 11.6. The average Bonchev–Trinajstić information content (AvgIpc) is 2.40. The van der Waals surface area contributed by atoms with E-state index in [4.69, 9.17) is 4.74 Å². The maximum absolute atomic E-state index is 11.1. The van der Waals surface area contributed by atoms with Gasteiger partial charge in [0, 0.05) is 5.25 Å². The second-order valence-corrected chi connectivity index (χ2v) is 7.54. The Bertz CT molecular complexity index is 254. The summed E-state index contributed by atoms with van der Waals surface area (Å²) in [5, 5.41) is 0.368. The van der Waals surface area contributed by atoms with Crippen LogP contribution in [0.4, 0.5) is 4.79 Å². The zero-order chi connectivity index (χ0) is 16.4. The number of rotatable bonds is 3. The zero-order valence-corrected chi connectivity index (χ0v) is 15.9. The molecule has 1 unspecified atom stereocenters. The summed E-state index contributed by atoms with van der Waals surface area (Å²) in [6.45, 7) is 20.1. The van der Waals surface area contributed by atoms with Crippen molar-refractivity contribution in [3.8, 4) is 0 Å². The van der Waals surface area contributed by atoms with Crippen molar-refractivity contribution in [2.45, 2.75) is 86.8 Å². The molecule has 20 heavy (non-hydrogen) atoms. The Morgan fingerprint density at radius 3 is 2.00 bits per heavy atom. The van der Waals surface area contributed by atoms with Crippen molar-refractivity contribution >= 4 is 17.1 Å². The third kappa shape index (κ3) is 8.18. The highest BCUT2D eigenvalue weighted by Gasteiger charge is 2.33. The summed E-state index contributed by atoms with van der Waals surface area (Å²) in [5.41, 5.74) is 0.627. The number of hydrogen-bond donors (Lipinski definition) is 0. The predicted octanol–water partition coefficient (Wildman–Crippen LogP) is 6.53.